The van der Waals surface area contributed by atoms with Crippen LogP contribution in [0, 0.1) is 0 Å². The summed E-state index contributed by atoms with van der Waals surface area (Å²) < 4.78 is 0. The first-order valence-electron chi connectivity index (χ1n) is 4.01. The van der Waals surface area contributed by atoms with Crippen LogP contribution in [0.1, 0.15) is 0 Å². The van der Waals surface area contributed by atoms with Crippen LogP contribution in [-0.4, -0.2) is 28.6 Å². The molecule has 0 spiro atoms. The fraction of sp³-hybridized carbons (Fsp3) is 0.111. The molecule has 0 saturated carbocycles. The van der Waals surface area contributed by atoms with Crippen molar-refractivity contribution in [3.05, 3.63) is 30.3 Å². The van der Waals surface area contributed by atoms with E-state index in [-0.39, 0.29) is 0 Å². The molecule has 1 aromatic carbocycles. The normalized spacial score (nSPS) is 9.40. The summed E-state index contributed by atoms with van der Waals surface area (Å²) in [5.74, 6) is 0. The summed E-state index contributed by atoms with van der Waals surface area (Å²) in [7, 11) is 1.14. The Morgan fingerprint density at radius 3 is 2.47 bits per heavy atom. The second kappa shape index (κ2) is 5.26. The number of hydrogen-bond acceptors (Lipinski definition) is 4. The fourth-order valence-electron chi connectivity index (χ4n) is 0.754. The molecule has 0 bridgehead atoms. The lowest BCUT2D eigenvalue weighted by atomic mass is 10.4. The quantitative estimate of drug-likeness (QED) is 0.589. The summed E-state index contributed by atoms with van der Waals surface area (Å²) in [6.45, 7) is 0. The van der Waals surface area contributed by atoms with E-state index in [2.05, 4.69) is 4.84 Å². The molecule has 0 aliphatic carbocycles. The molecule has 0 heterocycles. The second-order valence-corrected chi connectivity index (χ2v) is 3.55. The molecule has 0 radical (unpaired) electrons. The Hall–Kier alpha value is -1.69. The van der Waals surface area contributed by atoms with Crippen LogP contribution in [0.5, 0.6) is 0 Å². The molecule has 0 saturated heterocycles. The van der Waals surface area contributed by atoms with E-state index >= 15 is 0 Å². The van der Waals surface area contributed by atoms with Gasteiger partial charge in [-0.05, 0) is 23.9 Å². The maximum atomic E-state index is 11.2. The first-order valence-corrected chi connectivity index (χ1v) is 4.82. The highest BCUT2D eigenvalue weighted by Gasteiger charge is 2.13. The average molecular weight is 227 g/mol. The van der Waals surface area contributed by atoms with E-state index in [9.17, 15) is 9.59 Å². The molecule has 0 atom stereocenters. The topological polar surface area (TPSA) is 66.8 Å². The molecule has 5 nitrogen and oxygen atoms in total. The van der Waals surface area contributed by atoms with E-state index in [0.29, 0.717) is 9.96 Å². The van der Waals surface area contributed by atoms with Crippen molar-refractivity contribution in [1.82, 2.24) is 5.06 Å². The van der Waals surface area contributed by atoms with Crippen LogP contribution in [0.4, 0.5) is 9.59 Å². The minimum Gasteiger partial charge on any atom is -0.463 e. The number of thioether (sulfide) groups is 1. The van der Waals surface area contributed by atoms with Crippen molar-refractivity contribution in [2.24, 2.45) is 0 Å². The van der Waals surface area contributed by atoms with Gasteiger partial charge in [-0.25, -0.2) is 9.59 Å². The third kappa shape index (κ3) is 3.90. The van der Waals surface area contributed by atoms with Gasteiger partial charge in [0.05, 0.1) is 7.05 Å². The zero-order valence-corrected chi connectivity index (χ0v) is 8.73. The van der Waals surface area contributed by atoms with E-state index in [0.717, 1.165) is 18.8 Å². The summed E-state index contributed by atoms with van der Waals surface area (Å²) in [6.07, 6.45) is -1.32. The zero-order chi connectivity index (χ0) is 11.3. The van der Waals surface area contributed by atoms with Crippen molar-refractivity contribution >= 4 is 23.2 Å². The third-order valence-electron chi connectivity index (χ3n) is 1.43. The summed E-state index contributed by atoms with van der Waals surface area (Å²) >= 11 is 0.823. The molecule has 80 valence electrons. The van der Waals surface area contributed by atoms with Crippen LogP contribution in [0.3, 0.4) is 0 Å². The monoisotopic (exact) mass is 227 g/mol. The Morgan fingerprint density at radius 2 is 1.93 bits per heavy atom. The lowest BCUT2D eigenvalue weighted by Crippen LogP contribution is -2.26. The number of rotatable bonds is 1. The van der Waals surface area contributed by atoms with Crippen LogP contribution >= 0.6 is 11.8 Å². The molecule has 1 amide bonds. The van der Waals surface area contributed by atoms with Crippen LogP contribution in [0.15, 0.2) is 35.2 Å². The van der Waals surface area contributed by atoms with E-state index in [1.54, 1.807) is 24.3 Å². The molecule has 1 rings (SSSR count). The third-order valence-corrected chi connectivity index (χ3v) is 2.17. The van der Waals surface area contributed by atoms with Gasteiger partial charge in [-0.3, -0.25) is 0 Å². The largest absolute Gasteiger partial charge is 0.463 e. The summed E-state index contributed by atoms with van der Waals surface area (Å²) in [4.78, 5) is 26.7. The number of benzene rings is 1. The SMILES string of the molecule is CN(OC(=O)Sc1ccccc1)C(=O)O. The minimum atomic E-state index is -1.32. The first-order chi connectivity index (χ1) is 7.09. The maximum Gasteiger partial charge on any atom is 0.440 e. The van der Waals surface area contributed by atoms with Gasteiger partial charge in [-0.2, -0.15) is 0 Å². The number of hydroxylamine groups is 2. The molecule has 0 unspecified atom stereocenters. The Labute approximate surface area is 90.6 Å². The van der Waals surface area contributed by atoms with E-state index in [4.69, 9.17) is 5.11 Å². The number of amides is 1. The molecule has 1 N–H and O–H groups in total. The van der Waals surface area contributed by atoms with Crippen molar-refractivity contribution in [2.75, 3.05) is 7.05 Å². The van der Waals surface area contributed by atoms with Crippen molar-refractivity contribution in [3.63, 3.8) is 0 Å². The zero-order valence-electron chi connectivity index (χ0n) is 7.91. The van der Waals surface area contributed by atoms with Crippen molar-refractivity contribution < 1.29 is 19.5 Å². The van der Waals surface area contributed by atoms with Crippen LogP contribution in [0.2, 0.25) is 0 Å². The molecule has 0 aromatic heterocycles. The van der Waals surface area contributed by atoms with Gasteiger partial charge in [0, 0.05) is 4.90 Å². The Balaban J connectivity index is 2.47. The van der Waals surface area contributed by atoms with Crippen LogP contribution < -0.4 is 0 Å². The predicted octanol–water partition coefficient (Wildman–Crippen LogP) is 2.44. The molecular formula is C9H9NO4S. The van der Waals surface area contributed by atoms with Gasteiger partial charge in [0.15, 0.2) is 0 Å². The van der Waals surface area contributed by atoms with Gasteiger partial charge in [0.2, 0.25) is 0 Å². The Morgan fingerprint density at radius 1 is 1.33 bits per heavy atom. The van der Waals surface area contributed by atoms with Gasteiger partial charge in [0.1, 0.15) is 0 Å². The number of carbonyl (C=O) groups excluding carboxylic acids is 1. The summed E-state index contributed by atoms with van der Waals surface area (Å²) in [5.41, 5.74) is 0. The fourth-order valence-corrected chi connectivity index (χ4v) is 1.39. The number of nitrogens with zero attached hydrogens (tertiary/aromatic N) is 1. The van der Waals surface area contributed by atoms with Gasteiger partial charge in [-0.15, -0.1) is 5.06 Å². The van der Waals surface area contributed by atoms with Gasteiger partial charge < -0.3 is 9.94 Å². The van der Waals surface area contributed by atoms with E-state index in [1.807, 2.05) is 6.07 Å². The van der Waals surface area contributed by atoms with E-state index < -0.39 is 11.4 Å². The van der Waals surface area contributed by atoms with E-state index in [1.165, 1.54) is 0 Å². The smallest absolute Gasteiger partial charge is 0.440 e. The lowest BCUT2D eigenvalue weighted by molar-refractivity contribution is -0.0428. The second-order valence-electron chi connectivity index (χ2n) is 2.54. The lowest BCUT2D eigenvalue weighted by Gasteiger charge is -2.10. The van der Waals surface area contributed by atoms with Crippen LogP contribution in [-0.2, 0) is 4.84 Å². The molecule has 1 aromatic rings. The minimum absolute atomic E-state index is 0.457. The molecule has 0 fully saturated rings. The Bertz CT molecular complexity index is 354. The highest BCUT2D eigenvalue weighted by Crippen LogP contribution is 2.19. The Kier molecular flexibility index (Phi) is 3.99. The predicted molar refractivity (Wildman–Crippen MR) is 54.6 cm³/mol. The number of carbonyl (C=O) groups is 2. The van der Waals surface area contributed by atoms with Crippen molar-refractivity contribution in [3.8, 4) is 0 Å². The summed E-state index contributed by atoms with van der Waals surface area (Å²) in [5, 5.41) is 8.20. The molecule has 6 heteroatoms. The number of hydrogen-bond donors (Lipinski definition) is 1. The van der Waals surface area contributed by atoms with Crippen molar-refractivity contribution in [2.45, 2.75) is 4.90 Å². The van der Waals surface area contributed by atoms with Gasteiger partial charge in [0.25, 0.3) is 0 Å². The van der Waals surface area contributed by atoms with Crippen molar-refractivity contribution in [1.29, 1.82) is 0 Å². The molecule has 0 aliphatic rings. The standard InChI is InChI=1S/C9H9NO4S/c1-10(8(11)12)14-9(13)15-7-5-3-2-4-6-7/h2-6H,1H3,(H,11,12). The number of carboxylic acid groups (broad SMARTS) is 1. The van der Waals surface area contributed by atoms with Crippen LogP contribution in [0.25, 0.3) is 0 Å². The summed E-state index contributed by atoms with van der Waals surface area (Å²) in [6, 6.07) is 8.82. The van der Waals surface area contributed by atoms with Gasteiger partial charge >= 0.3 is 11.4 Å². The molecule has 0 aliphatic heterocycles. The van der Waals surface area contributed by atoms with Gasteiger partial charge in [-0.1, -0.05) is 18.2 Å². The highest BCUT2D eigenvalue weighted by atomic mass is 32.2. The highest BCUT2D eigenvalue weighted by molar-refractivity contribution is 8.13. The molecule has 15 heavy (non-hydrogen) atoms. The average Bonchev–Trinajstić information content (AvgIpc) is 2.18. The maximum absolute atomic E-state index is 11.2. The first kappa shape index (κ1) is 11.4. The molecular weight excluding hydrogens is 218 g/mol.